The molecule has 3 rings (SSSR count). The molecule has 1 aromatic rings. The standard InChI is InChI=1S/C18H26N2O2/c1-14(2)22-18(21)16-8-6-15(7-9-16)13-20-12-4-11-19-10-3-5-17(19)20/h6-9,14,17H,3-5,10-13H2,1-2H3. The van der Waals surface area contributed by atoms with Gasteiger partial charge in [-0.2, -0.15) is 0 Å². The topological polar surface area (TPSA) is 32.8 Å². The van der Waals surface area contributed by atoms with Gasteiger partial charge in [-0.15, -0.1) is 0 Å². The van der Waals surface area contributed by atoms with Gasteiger partial charge in [0.1, 0.15) is 0 Å². The highest BCUT2D eigenvalue weighted by Crippen LogP contribution is 2.26. The number of benzene rings is 1. The van der Waals surface area contributed by atoms with Gasteiger partial charge in [-0.05, 0) is 57.4 Å². The van der Waals surface area contributed by atoms with Crippen molar-refractivity contribution in [3.63, 3.8) is 0 Å². The number of carbonyl (C=O) groups excluding carboxylic acids is 1. The van der Waals surface area contributed by atoms with Crippen LogP contribution in [0.4, 0.5) is 0 Å². The SMILES string of the molecule is CC(C)OC(=O)c1ccc(CN2CCCN3CCCC32)cc1. The van der Waals surface area contributed by atoms with Crippen LogP contribution in [0, 0.1) is 0 Å². The van der Waals surface area contributed by atoms with E-state index in [9.17, 15) is 4.79 Å². The number of fused-ring (bicyclic) bond motifs is 1. The minimum Gasteiger partial charge on any atom is -0.459 e. The van der Waals surface area contributed by atoms with Gasteiger partial charge in [0.2, 0.25) is 0 Å². The molecule has 2 heterocycles. The second-order valence-corrected chi connectivity index (χ2v) is 6.63. The Morgan fingerprint density at radius 2 is 1.91 bits per heavy atom. The summed E-state index contributed by atoms with van der Waals surface area (Å²) < 4.78 is 5.23. The Morgan fingerprint density at radius 1 is 1.18 bits per heavy atom. The van der Waals surface area contributed by atoms with Crippen LogP contribution in [-0.2, 0) is 11.3 Å². The second kappa shape index (κ2) is 6.80. The van der Waals surface area contributed by atoms with Gasteiger partial charge in [0.25, 0.3) is 0 Å². The number of rotatable bonds is 4. The fourth-order valence-electron chi connectivity index (χ4n) is 3.56. The molecule has 2 saturated heterocycles. The van der Waals surface area contributed by atoms with Crippen LogP contribution in [0.15, 0.2) is 24.3 Å². The van der Waals surface area contributed by atoms with E-state index in [1.54, 1.807) is 0 Å². The van der Waals surface area contributed by atoms with Crippen molar-refractivity contribution in [2.45, 2.75) is 51.9 Å². The summed E-state index contributed by atoms with van der Waals surface area (Å²) in [6, 6.07) is 7.89. The normalized spacial score (nSPS) is 22.8. The summed E-state index contributed by atoms with van der Waals surface area (Å²) in [7, 11) is 0. The third-order valence-corrected chi connectivity index (χ3v) is 4.56. The Bertz CT molecular complexity index is 512. The third kappa shape index (κ3) is 3.50. The van der Waals surface area contributed by atoms with Crippen molar-refractivity contribution in [1.82, 2.24) is 9.80 Å². The van der Waals surface area contributed by atoms with Crippen LogP contribution < -0.4 is 0 Å². The van der Waals surface area contributed by atoms with Gasteiger partial charge in [0.15, 0.2) is 0 Å². The molecule has 0 N–H and O–H groups in total. The molecule has 0 aliphatic carbocycles. The van der Waals surface area contributed by atoms with Crippen molar-refractivity contribution < 1.29 is 9.53 Å². The molecule has 1 aromatic carbocycles. The van der Waals surface area contributed by atoms with Gasteiger partial charge in [0.05, 0.1) is 17.8 Å². The van der Waals surface area contributed by atoms with Gasteiger partial charge in [0, 0.05) is 19.6 Å². The van der Waals surface area contributed by atoms with E-state index in [1.807, 2.05) is 26.0 Å². The summed E-state index contributed by atoms with van der Waals surface area (Å²) in [6.45, 7) is 8.40. The van der Waals surface area contributed by atoms with Gasteiger partial charge in [-0.25, -0.2) is 4.79 Å². The Morgan fingerprint density at radius 3 is 2.64 bits per heavy atom. The molecule has 0 radical (unpaired) electrons. The molecule has 0 spiro atoms. The third-order valence-electron chi connectivity index (χ3n) is 4.56. The lowest BCUT2D eigenvalue weighted by Gasteiger charge is -2.40. The summed E-state index contributed by atoms with van der Waals surface area (Å²) in [5.74, 6) is -0.235. The Hall–Kier alpha value is -1.39. The van der Waals surface area contributed by atoms with E-state index in [0.29, 0.717) is 11.7 Å². The first-order valence-corrected chi connectivity index (χ1v) is 8.41. The highest BCUT2D eigenvalue weighted by Gasteiger charge is 2.32. The van der Waals surface area contributed by atoms with Crippen LogP contribution in [-0.4, -0.2) is 47.7 Å². The van der Waals surface area contributed by atoms with E-state index in [4.69, 9.17) is 4.74 Å². The summed E-state index contributed by atoms with van der Waals surface area (Å²) >= 11 is 0. The van der Waals surface area contributed by atoms with E-state index < -0.39 is 0 Å². The lowest BCUT2D eigenvalue weighted by Crippen LogP contribution is -2.49. The van der Waals surface area contributed by atoms with Crippen LogP contribution in [0.1, 0.15) is 49.0 Å². The van der Waals surface area contributed by atoms with Crippen LogP contribution in [0.5, 0.6) is 0 Å². The minimum absolute atomic E-state index is 0.0751. The number of ether oxygens (including phenoxy) is 1. The van der Waals surface area contributed by atoms with Crippen molar-refractivity contribution in [2.75, 3.05) is 19.6 Å². The number of nitrogens with zero attached hydrogens (tertiary/aromatic N) is 2. The summed E-state index contributed by atoms with van der Waals surface area (Å²) in [5.41, 5.74) is 1.91. The van der Waals surface area contributed by atoms with Crippen LogP contribution in [0.3, 0.4) is 0 Å². The molecule has 2 fully saturated rings. The van der Waals surface area contributed by atoms with Gasteiger partial charge < -0.3 is 4.74 Å². The van der Waals surface area contributed by atoms with E-state index in [1.165, 1.54) is 44.5 Å². The first-order valence-electron chi connectivity index (χ1n) is 8.41. The van der Waals surface area contributed by atoms with Crippen molar-refractivity contribution in [2.24, 2.45) is 0 Å². The van der Waals surface area contributed by atoms with Gasteiger partial charge >= 0.3 is 5.97 Å². The first kappa shape index (κ1) is 15.5. The van der Waals surface area contributed by atoms with E-state index in [2.05, 4.69) is 21.9 Å². The first-order chi connectivity index (χ1) is 10.6. The van der Waals surface area contributed by atoms with E-state index in [0.717, 1.165) is 6.54 Å². The number of esters is 1. The van der Waals surface area contributed by atoms with Crippen LogP contribution in [0.2, 0.25) is 0 Å². The zero-order valence-electron chi connectivity index (χ0n) is 13.6. The maximum Gasteiger partial charge on any atom is 0.338 e. The summed E-state index contributed by atoms with van der Waals surface area (Å²) in [6.07, 6.45) is 4.42. The Labute approximate surface area is 133 Å². The van der Waals surface area contributed by atoms with Crippen LogP contribution >= 0.6 is 0 Å². The maximum absolute atomic E-state index is 11.9. The highest BCUT2D eigenvalue weighted by atomic mass is 16.5. The smallest absolute Gasteiger partial charge is 0.338 e. The second-order valence-electron chi connectivity index (χ2n) is 6.63. The Kier molecular flexibility index (Phi) is 4.79. The molecule has 0 saturated carbocycles. The zero-order valence-corrected chi connectivity index (χ0v) is 13.6. The maximum atomic E-state index is 11.9. The number of carbonyl (C=O) groups is 1. The van der Waals surface area contributed by atoms with E-state index >= 15 is 0 Å². The molecule has 2 aliphatic rings. The molecule has 4 nitrogen and oxygen atoms in total. The van der Waals surface area contributed by atoms with Crippen LogP contribution in [0.25, 0.3) is 0 Å². The molecule has 0 bridgehead atoms. The van der Waals surface area contributed by atoms with Crippen molar-refractivity contribution in [3.05, 3.63) is 35.4 Å². The van der Waals surface area contributed by atoms with Gasteiger partial charge in [-0.1, -0.05) is 12.1 Å². The monoisotopic (exact) mass is 302 g/mol. The lowest BCUT2D eigenvalue weighted by molar-refractivity contribution is 0.0286. The minimum atomic E-state index is -0.235. The molecule has 120 valence electrons. The average molecular weight is 302 g/mol. The quantitative estimate of drug-likeness (QED) is 0.801. The van der Waals surface area contributed by atoms with E-state index in [-0.39, 0.29) is 12.1 Å². The predicted molar refractivity (Wildman–Crippen MR) is 86.6 cm³/mol. The zero-order chi connectivity index (χ0) is 15.5. The average Bonchev–Trinajstić information content (AvgIpc) is 2.97. The van der Waals surface area contributed by atoms with Crippen molar-refractivity contribution >= 4 is 5.97 Å². The number of hydrogen-bond donors (Lipinski definition) is 0. The molecule has 1 unspecified atom stereocenters. The predicted octanol–water partition coefficient (Wildman–Crippen LogP) is 2.88. The van der Waals surface area contributed by atoms with Crippen molar-refractivity contribution in [3.8, 4) is 0 Å². The molecular formula is C18H26N2O2. The molecular weight excluding hydrogens is 276 g/mol. The molecule has 22 heavy (non-hydrogen) atoms. The molecule has 0 aromatic heterocycles. The van der Waals surface area contributed by atoms with Crippen molar-refractivity contribution in [1.29, 1.82) is 0 Å². The summed E-state index contributed by atoms with van der Waals surface area (Å²) in [5, 5.41) is 0. The van der Waals surface area contributed by atoms with Gasteiger partial charge in [-0.3, -0.25) is 9.80 Å². The Balaban J connectivity index is 1.62. The number of hydrogen-bond acceptors (Lipinski definition) is 4. The lowest BCUT2D eigenvalue weighted by atomic mass is 10.1. The molecule has 2 aliphatic heterocycles. The fraction of sp³-hybridized carbons (Fsp3) is 0.611. The highest BCUT2D eigenvalue weighted by molar-refractivity contribution is 5.89. The molecule has 4 heteroatoms. The fourth-order valence-corrected chi connectivity index (χ4v) is 3.56. The molecule has 0 amide bonds. The molecule has 1 atom stereocenters. The summed E-state index contributed by atoms with van der Waals surface area (Å²) in [4.78, 5) is 17.1. The largest absolute Gasteiger partial charge is 0.459 e.